The van der Waals surface area contributed by atoms with E-state index < -0.39 is 0 Å². The van der Waals surface area contributed by atoms with Crippen LogP contribution in [0.1, 0.15) is 25.7 Å². The molecule has 4 aromatic rings. The maximum atomic E-state index is 5.29. The van der Waals surface area contributed by atoms with E-state index in [2.05, 4.69) is 66.9 Å². The first-order valence-corrected chi connectivity index (χ1v) is 11.5. The number of aromatic nitrogens is 5. The molecule has 2 N–H and O–H groups in total. The van der Waals surface area contributed by atoms with Gasteiger partial charge < -0.3 is 15.0 Å². The van der Waals surface area contributed by atoms with Crippen LogP contribution in [0.5, 0.6) is 5.88 Å². The lowest BCUT2D eigenvalue weighted by molar-refractivity contribution is 0.353. The average Bonchev–Trinajstić information content (AvgIpc) is 3.49. The van der Waals surface area contributed by atoms with Gasteiger partial charge in [-0.15, -0.1) is 10.2 Å². The Kier molecular flexibility index (Phi) is 4.95. The quantitative estimate of drug-likeness (QED) is 0.487. The predicted molar refractivity (Wildman–Crippen MR) is 128 cm³/mol. The molecule has 0 radical (unpaired) electrons. The Morgan fingerprint density at radius 3 is 2.58 bits per heavy atom. The number of anilines is 1. The molecule has 1 aromatic carbocycles. The van der Waals surface area contributed by atoms with Crippen molar-refractivity contribution < 1.29 is 4.74 Å². The topological polar surface area (TPSA) is 91.8 Å². The molecule has 0 amide bonds. The number of piperidine rings is 1. The molecule has 0 spiro atoms. The van der Waals surface area contributed by atoms with Crippen molar-refractivity contribution in [2.45, 2.75) is 43.8 Å². The molecule has 6 rings (SSSR count). The summed E-state index contributed by atoms with van der Waals surface area (Å²) in [6.07, 6.45) is 8.54. The summed E-state index contributed by atoms with van der Waals surface area (Å²) in [5, 5.41) is 21.4. The smallest absolute Gasteiger partial charge is 0.213 e. The summed E-state index contributed by atoms with van der Waals surface area (Å²) >= 11 is 0. The van der Waals surface area contributed by atoms with E-state index in [1.807, 2.05) is 18.3 Å². The first-order chi connectivity index (χ1) is 16.2. The lowest BCUT2D eigenvalue weighted by atomic mass is 9.98. The fourth-order valence-electron chi connectivity index (χ4n) is 5.38. The van der Waals surface area contributed by atoms with Crippen LogP contribution in [0.25, 0.3) is 33.3 Å². The summed E-state index contributed by atoms with van der Waals surface area (Å²) < 4.78 is 5.29. The van der Waals surface area contributed by atoms with E-state index in [0.717, 1.165) is 39.1 Å². The lowest BCUT2D eigenvalue weighted by Crippen LogP contribution is -2.47. The molecule has 2 fully saturated rings. The van der Waals surface area contributed by atoms with Gasteiger partial charge in [0.25, 0.3) is 0 Å². The van der Waals surface area contributed by atoms with Crippen LogP contribution < -0.4 is 15.0 Å². The Balaban J connectivity index is 1.30. The molecule has 3 atom stereocenters. The third kappa shape index (κ3) is 3.60. The SMILES string of the molecule is COc1cc(-c2ccc(-c3ccc(N(C)C4C[C@H]5CC[C@@H](C4)N5)nn3)c3[nH]ncc23)ccn1. The van der Waals surface area contributed by atoms with Gasteiger partial charge in [-0.1, -0.05) is 6.07 Å². The number of rotatable bonds is 5. The van der Waals surface area contributed by atoms with Crippen molar-refractivity contribution in [2.75, 3.05) is 19.1 Å². The molecule has 1 unspecified atom stereocenters. The number of benzene rings is 1. The van der Waals surface area contributed by atoms with E-state index in [0.29, 0.717) is 24.0 Å². The Morgan fingerprint density at radius 1 is 1.00 bits per heavy atom. The van der Waals surface area contributed by atoms with E-state index >= 15 is 0 Å². The van der Waals surface area contributed by atoms with Crippen LogP contribution in [0.3, 0.4) is 0 Å². The summed E-state index contributed by atoms with van der Waals surface area (Å²) in [5.74, 6) is 1.51. The summed E-state index contributed by atoms with van der Waals surface area (Å²) in [4.78, 5) is 6.51. The number of nitrogens with one attached hydrogen (secondary N) is 2. The minimum atomic E-state index is 0.514. The van der Waals surface area contributed by atoms with Crippen molar-refractivity contribution in [3.05, 3.63) is 48.8 Å². The molecule has 0 saturated carbocycles. The monoisotopic (exact) mass is 441 g/mol. The van der Waals surface area contributed by atoms with Gasteiger partial charge in [0, 0.05) is 48.4 Å². The first kappa shape index (κ1) is 20.1. The van der Waals surface area contributed by atoms with E-state index in [-0.39, 0.29) is 0 Å². The maximum absolute atomic E-state index is 5.29. The van der Waals surface area contributed by atoms with Crippen LogP contribution in [-0.2, 0) is 0 Å². The second-order valence-electron chi connectivity index (χ2n) is 9.06. The van der Waals surface area contributed by atoms with Gasteiger partial charge >= 0.3 is 0 Å². The molecule has 2 saturated heterocycles. The largest absolute Gasteiger partial charge is 0.481 e. The number of nitrogens with zero attached hydrogens (tertiary/aromatic N) is 5. The Bertz CT molecular complexity index is 1270. The molecular weight excluding hydrogens is 414 g/mol. The van der Waals surface area contributed by atoms with Crippen LogP contribution in [0.15, 0.2) is 48.8 Å². The molecule has 2 aliphatic rings. The number of hydrogen-bond donors (Lipinski definition) is 2. The molecular formula is C25H27N7O. The number of aromatic amines is 1. The van der Waals surface area contributed by atoms with Crippen LogP contribution in [0.4, 0.5) is 5.82 Å². The molecule has 5 heterocycles. The highest BCUT2D eigenvalue weighted by molar-refractivity contribution is 6.02. The van der Waals surface area contributed by atoms with Gasteiger partial charge in [0.1, 0.15) is 0 Å². The van der Waals surface area contributed by atoms with E-state index in [1.54, 1.807) is 13.3 Å². The van der Waals surface area contributed by atoms with Gasteiger partial charge in [0.15, 0.2) is 5.82 Å². The summed E-state index contributed by atoms with van der Waals surface area (Å²) in [6, 6.07) is 14.0. The van der Waals surface area contributed by atoms with Crippen molar-refractivity contribution >= 4 is 16.7 Å². The van der Waals surface area contributed by atoms with Gasteiger partial charge in [-0.25, -0.2) is 4.98 Å². The number of H-pyrrole nitrogens is 1. The first-order valence-electron chi connectivity index (χ1n) is 11.5. The molecule has 3 aromatic heterocycles. The van der Waals surface area contributed by atoms with Crippen LogP contribution in [-0.4, -0.2) is 57.7 Å². The van der Waals surface area contributed by atoms with Crippen LogP contribution in [0.2, 0.25) is 0 Å². The second-order valence-corrected chi connectivity index (χ2v) is 9.06. The standard InChI is InChI=1S/C25H27N7O/c1-32(18-12-16-3-4-17(13-18)28-16)23-8-7-22(29-30-23)20-6-5-19(21-14-27-31-25(20)21)15-9-10-26-24(11-15)33-2/h5-11,14,16-18,28H,3-4,12-13H2,1-2H3,(H,27,31)/t16-,17+,18?. The summed E-state index contributed by atoms with van der Waals surface area (Å²) in [7, 11) is 3.77. The maximum Gasteiger partial charge on any atom is 0.213 e. The second kappa shape index (κ2) is 8.12. The van der Waals surface area contributed by atoms with Gasteiger partial charge in [-0.05, 0) is 61.1 Å². The summed E-state index contributed by atoms with van der Waals surface area (Å²) in [6.45, 7) is 0. The highest BCUT2D eigenvalue weighted by Gasteiger charge is 2.35. The number of fused-ring (bicyclic) bond motifs is 3. The van der Waals surface area contributed by atoms with Crippen molar-refractivity contribution in [1.29, 1.82) is 0 Å². The van der Waals surface area contributed by atoms with Crippen molar-refractivity contribution in [3.63, 3.8) is 0 Å². The van der Waals surface area contributed by atoms with Gasteiger partial charge in [-0.2, -0.15) is 5.10 Å². The van der Waals surface area contributed by atoms with Gasteiger partial charge in [-0.3, -0.25) is 5.10 Å². The molecule has 33 heavy (non-hydrogen) atoms. The van der Waals surface area contributed by atoms with Gasteiger partial charge in [0.2, 0.25) is 5.88 Å². The molecule has 2 bridgehead atoms. The minimum absolute atomic E-state index is 0.514. The molecule has 2 aliphatic heterocycles. The molecule has 0 aliphatic carbocycles. The highest BCUT2D eigenvalue weighted by atomic mass is 16.5. The van der Waals surface area contributed by atoms with Crippen molar-refractivity contribution in [1.82, 2.24) is 30.7 Å². The van der Waals surface area contributed by atoms with Crippen LogP contribution in [0, 0.1) is 0 Å². The Labute approximate surface area is 192 Å². The zero-order chi connectivity index (χ0) is 22.4. The molecule has 8 heteroatoms. The van der Waals surface area contributed by atoms with E-state index in [9.17, 15) is 0 Å². The fraction of sp³-hybridized carbons (Fsp3) is 0.360. The van der Waals surface area contributed by atoms with E-state index in [4.69, 9.17) is 4.74 Å². The number of ether oxygens (including phenoxy) is 1. The number of methoxy groups -OCH3 is 1. The van der Waals surface area contributed by atoms with Crippen molar-refractivity contribution in [3.8, 4) is 28.3 Å². The molecule has 168 valence electrons. The lowest BCUT2D eigenvalue weighted by Gasteiger charge is -2.36. The normalized spacial score (nSPS) is 21.9. The Morgan fingerprint density at radius 2 is 1.82 bits per heavy atom. The van der Waals surface area contributed by atoms with Gasteiger partial charge in [0.05, 0.1) is 24.5 Å². The predicted octanol–water partition coefficient (Wildman–Crippen LogP) is 3.81. The zero-order valence-corrected chi connectivity index (χ0v) is 18.8. The van der Waals surface area contributed by atoms with Crippen molar-refractivity contribution in [2.24, 2.45) is 0 Å². The van der Waals surface area contributed by atoms with Crippen LogP contribution >= 0.6 is 0 Å². The third-order valence-electron chi connectivity index (χ3n) is 7.15. The van der Waals surface area contributed by atoms with E-state index in [1.165, 1.54) is 25.7 Å². The zero-order valence-electron chi connectivity index (χ0n) is 18.8. The number of pyridine rings is 1. The minimum Gasteiger partial charge on any atom is -0.481 e. The fourth-order valence-corrected chi connectivity index (χ4v) is 5.38. The highest BCUT2D eigenvalue weighted by Crippen LogP contribution is 2.35. The molecule has 8 nitrogen and oxygen atoms in total. The third-order valence-corrected chi connectivity index (χ3v) is 7.15. The average molecular weight is 442 g/mol. The Hall–Kier alpha value is -3.52. The summed E-state index contributed by atoms with van der Waals surface area (Å²) in [5.41, 5.74) is 4.83. The number of hydrogen-bond acceptors (Lipinski definition) is 7.